The molecule has 0 heterocycles. The van der Waals surface area contributed by atoms with E-state index in [9.17, 15) is 4.79 Å². The molecule has 0 bridgehead atoms. The molecule has 1 atom stereocenters. The highest BCUT2D eigenvalue weighted by Crippen LogP contribution is 2.12. The summed E-state index contributed by atoms with van der Waals surface area (Å²) in [5.41, 5.74) is 0. The zero-order chi connectivity index (χ0) is 15.8. The van der Waals surface area contributed by atoms with Crippen LogP contribution in [-0.4, -0.2) is 23.8 Å². The van der Waals surface area contributed by atoms with Crippen LogP contribution in [0.4, 0.5) is 0 Å². The highest BCUT2D eigenvalue weighted by atomic mass is 16.5. The number of ether oxygens (including phenoxy) is 1. The summed E-state index contributed by atoms with van der Waals surface area (Å²) < 4.78 is 5.28. The van der Waals surface area contributed by atoms with Crippen molar-refractivity contribution in [1.82, 2.24) is 0 Å². The Bertz CT molecular complexity index is 229. The van der Waals surface area contributed by atoms with Crippen LogP contribution in [0.5, 0.6) is 0 Å². The summed E-state index contributed by atoms with van der Waals surface area (Å²) >= 11 is 0. The first kappa shape index (κ1) is 20.4. The van der Waals surface area contributed by atoms with Gasteiger partial charge in [-0.2, -0.15) is 0 Å². The van der Waals surface area contributed by atoms with Crippen LogP contribution in [0.3, 0.4) is 0 Å². The van der Waals surface area contributed by atoms with E-state index in [-0.39, 0.29) is 18.7 Å². The second kappa shape index (κ2) is 15.8. The van der Waals surface area contributed by atoms with Crippen molar-refractivity contribution in [3.8, 4) is 0 Å². The molecule has 0 aliphatic rings. The van der Waals surface area contributed by atoms with Crippen molar-refractivity contribution in [2.45, 2.75) is 103 Å². The van der Waals surface area contributed by atoms with Crippen LogP contribution >= 0.6 is 0 Å². The van der Waals surface area contributed by atoms with E-state index in [0.29, 0.717) is 6.42 Å². The maximum Gasteiger partial charge on any atom is 0.306 e. The average molecular weight is 300 g/mol. The lowest BCUT2D eigenvalue weighted by molar-refractivity contribution is -0.151. The van der Waals surface area contributed by atoms with Crippen LogP contribution < -0.4 is 0 Å². The molecule has 1 unspecified atom stereocenters. The molecule has 0 amide bonds. The Morgan fingerprint density at radius 3 is 1.90 bits per heavy atom. The maximum atomic E-state index is 11.6. The minimum Gasteiger partial charge on any atom is -0.460 e. The van der Waals surface area contributed by atoms with Crippen molar-refractivity contribution in [3.05, 3.63) is 0 Å². The van der Waals surface area contributed by atoms with Gasteiger partial charge in [0.25, 0.3) is 0 Å². The summed E-state index contributed by atoms with van der Waals surface area (Å²) in [6.07, 6.45) is 14.3. The molecule has 3 nitrogen and oxygen atoms in total. The molecule has 21 heavy (non-hydrogen) atoms. The number of esters is 1. The van der Waals surface area contributed by atoms with Gasteiger partial charge in [-0.15, -0.1) is 0 Å². The van der Waals surface area contributed by atoms with Gasteiger partial charge in [0.2, 0.25) is 0 Å². The number of hydrogen-bond acceptors (Lipinski definition) is 3. The Morgan fingerprint density at radius 1 is 0.857 bits per heavy atom. The van der Waals surface area contributed by atoms with E-state index in [1.165, 1.54) is 44.9 Å². The normalized spacial score (nSPS) is 12.3. The van der Waals surface area contributed by atoms with Gasteiger partial charge < -0.3 is 9.84 Å². The predicted molar refractivity (Wildman–Crippen MR) is 88.3 cm³/mol. The van der Waals surface area contributed by atoms with Gasteiger partial charge in [0.05, 0.1) is 6.61 Å². The van der Waals surface area contributed by atoms with Crippen molar-refractivity contribution >= 4 is 5.97 Å². The van der Waals surface area contributed by atoms with Gasteiger partial charge in [-0.05, 0) is 19.3 Å². The maximum absolute atomic E-state index is 11.6. The zero-order valence-electron chi connectivity index (χ0n) is 14.2. The monoisotopic (exact) mass is 300 g/mol. The Labute approximate surface area is 131 Å². The predicted octanol–water partition coefficient (Wildman–Crippen LogP) is 5.00. The summed E-state index contributed by atoms with van der Waals surface area (Å²) in [7, 11) is 0. The summed E-state index contributed by atoms with van der Waals surface area (Å²) in [6, 6.07) is 0. The lowest BCUT2D eigenvalue weighted by Crippen LogP contribution is -2.21. The highest BCUT2D eigenvalue weighted by molar-refractivity contribution is 5.69. The quantitative estimate of drug-likeness (QED) is 0.342. The Balaban J connectivity index is 3.40. The number of hydrogen-bond donors (Lipinski definition) is 1. The number of aliphatic hydroxyl groups excluding tert-OH is 1. The molecule has 0 saturated heterocycles. The van der Waals surface area contributed by atoms with E-state index in [1.807, 2.05) is 0 Å². The van der Waals surface area contributed by atoms with Crippen LogP contribution in [0, 0.1) is 0 Å². The molecule has 0 aromatic rings. The Morgan fingerprint density at radius 2 is 1.38 bits per heavy atom. The molecule has 1 N–H and O–H groups in total. The fourth-order valence-corrected chi connectivity index (χ4v) is 2.44. The highest BCUT2D eigenvalue weighted by Gasteiger charge is 2.12. The fourth-order valence-electron chi connectivity index (χ4n) is 2.44. The van der Waals surface area contributed by atoms with E-state index in [2.05, 4.69) is 13.8 Å². The van der Waals surface area contributed by atoms with Crippen LogP contribution in [0.15, 0.2) is 0 Å². The lowest BCUT2D eigenvalue weighted by atomic mass is 10.1. The fraction of sp³-hybridized carbons (Fsp3) is 0.944. The van der Waals surface area contributed by atoms with Gasteiger partial charge in [-0.3, -0.25) is 4.79 Å². The van der Waals surface area contributed by atoms with Crippen molar-refractivity contribution < 1.29 is 14.6 Å². The third-order valence-electron chi connectivity index (χ3n) is 3.87. The van der Waals surface area contributed by atoms with Crippen molar-refractivity contribution in [2.75, 3.05) is 6.61 Å². The number of aliphatic hydroxyl groups is 1. The van der Waals surface area contributed by atoms with E-state index >= 15 is 0 Å². The first-order valence-electron chi connectivity index (χ1n) is 9.04. The Kier molecular flexibility index (Phi) is 15.4. The molecular weight excluding hydrogens is 264 g/mol. The molecule has 0 fully saturated rings. The first-order valence-corrected chi connectivity index (χ1v) is 9.04. The molecule has 3 heteroatoms. The van der Waals surface area contributed by atoms with E-state index in [0.717, 1.165) is 32.1 Å². The topological polar surface area (TPSA) is 46.5 Å². The van der Waals surface area contributed by atoms with Crippen molar-refractivity contribution in [2.24, 2.45) is 0 Å². The number of carbonyl (C=O) groups excluding carboxylic acids is 1. The first-order chi connectivity index (χ1) is 10.2. The molecule has 0 radical (unpaired) electrons. The van der Waals surface area contributed by atoms with Crippen LogP contribution in [0.1, 0.15) is 97.3 Å². The van der Waals surface area contributed by atoms with Gasteiger partial charge in [0.1, 0.15) is 6.10 Å². The molecule has 0 aromatic heterocycles. The molecule has 0 spiro atoms. The smallest absolute Gasteiger partial charge is 0.306 e. The minimum absolute atomic E-state index is 0.0521. The van der Waals surface area contributed by atoms with E-state index in [1.54, 1.807) is 0 Å². The number of carbonyl (C=O) groups is 1. The van der Waals surface area contributed by atoms with Crippen LogP contribution in [0.25, 0.3) is 0 Å². The molecule has 0 rings (SSSR count). The number of rotatable bonds is 15. The number of unbranched alkanes of at least 4 members (excludes halogenated alkanes) is 9. The standard InChI is InChI=1S/C18H36O3/c1-3-5-7-8-9-10-11-12-13-15-18(20)21-17(16-19)14-6-4-2/h17,19H,3-16H2,1-2H3. The Hall–Kier alpha value is -0.570. The minimum atomic E-state index is -0.295. The SMILES string of the molecule is CCCCCCCCCCCC(=O)OC(CO)CCCC. The van der Waals surface area contributed by atoms with Crippen LogP contribution in [-0.2, 0) is 9.53 Å². The molecule has 126 valence electrons. The van der Waals surface area contributed by atoms with Gasteiger partial charge in [-0.1, -0.05) is 71.6 Å². The molecule has 0 aliphatic heterocycles. The van der Waals surface area contributed by atoms with Gasteiger partial charge in [0, 0.05) is 6.42 Å². The lowest BCUT2D eigenvalue weighted by Gasteiger charge is -2.14. The average Bonchev–Trinajstić information content (AvgIpc) is 2.49. The third kappa shape index (κ3) is 14.1. The zero-order valence-corrected chi connectivity index (χ0v) is 14.2. The largest absolute Gasteiger partial charge is 0.460 e. The van der Waals surface area contributed by atoms with Gasteiger partial charge in [-0.25, -0.2) is 0 Å². The van der Waals surface area contributed by atoms with Gasteiger partial charge in [0.15, 0.2) is 0 Å². The molecule has 0 saturated carbocycles. The molecule has 0 aliphatic carbocycles. The van der Waals surface area contributed by atoms with E-state index < -0.39 is 0 Å². The summed E-state index contributed by atoms with van der Waals surface area (Å²) in [4.78, 5) is 11.6. The third-order valence-corrected chi connectivity index (χ3v) is 3.87. The van der Waals surface area contributed by atoms with Gasteiger partial charge >= 0.3 is 5.97 Å². The van der Waals surface area contributed by atoms with Crippen molar-refractivity contribution in [3.63, 3.8) is 0 Å². The summed E-state index contributed by atoms with van der Waals surface area (Å²) in [5.74, 6) is -0.145. The second-order valence-corrected chi connectivity index (χ2v) is 6.02. The summed E-state index contributed by atoms with van der Waals surface area (Å²) in [6.45, 7) is 4.28. The summed E-state index contributed by atoms with van der Waals surface area (Å²) in [5, 5.41) is 9.15. The second-order valence-electron chi connectivity index (χ2n) is 6.02. The van der Waals surface area contributed by atoms with Crippen molar-refractivity contribution in [1.29, 1.82) is 0 Å². The van der Waals surface area contributed by atoms with Crippen LogP contribution in [0.2, 0.25) is 0 Å². The molecule has 0 aromatic carbocycles. The van der Waals surface area contributed by atoms with E-state index in [4.69, 9.17) is 9.84 Å². The molecular formula is C18H36O3.